The molecule has 2 aromatic rings. The minimum Gasteiger partial charge on any atom is -0.379 e. The smallest absolute Gasteiger partial charge is 0.243 e. The number of nitrogens with zero attached hydrogens (tertiary/aromatic N) is 2. The average Bonchev–Trinajstić information content (AvgIpc) is 2.75. The number of hydrogen-bond acceptors (Lipinski definition) is 5. The van der Waals surface area contributed by atoms with Gasteiger partial charge in [0.15, 0.2) is 0 Å². The van der Waals surface area contributed by atoms with Crippen molar-refractivity contribution >= 4 is 21.6 Å². The summed E-state index contributed by atoms with van der Waals surface area (Å²) in [6.45, 7) is 7.17. The molecule has 1 amide bonds. The van der Waals surface area contributed by atoms with Gasteiger partial charge in [0.1, 0.15) is 0 Å². The Morgan fingerprint density at radius 1 is 1.13 bits per heavy atom. The number of aryl methyl sites for hydroxylation is 1. The van der Waals surface area contributed by atoms with Crippen LogP contribution in [0.2, 0.25) is 0 Å². The molecule has 1 saturated heterocycles. The van der Waals surface area contributed by atoms with Crippen LogP contribution in [-0.2, 0) is 26.1 Å². The zero-order chi connectivity index (χ0) is 21.6. The molecule has 0 aliphatic carbocycles. The molecule has 3 rings (SSSR count). The van der Waals surface area contributed by atoms with Crippen LogP contribution in [0.3, 0.4) is 0 Å². The molecule has 162 valence electrons. The van der Waals surface area contributed by atoms with Crippen LogP contribution in [0.15, 0.2) is 53.4 Å². The van der Waals surface area contributed by atoms with E-state index in [0.29, 0.717) is 38.5 Å². The Bertz CT molecular complexity index is 972. The maximum absolute atomic E-state index is 12.8. The van der Waals surface area contributed by atoms with Crippen LogP contribution in [0.1, 0.15) is 18.1 Å². The quantitative estimate of drug-likeness (QED) is 0.695. The van der Waals surface area contributed by atoms with Crippen LogP contribution >= 0.6 is 0 Å². The molecule has 0 radical (unpaired) electrons. The van der Waals surface area contributed by atoms with Gasteiger partial charge in [-0.1, -0.05) is 37.3 Å². The van der Waals surface area contributed by atoms with Gasteiger partial charge < -0.3 is 10.1 Å². The van der Waals surface area contributed by atoms with Gasteiger partial charge in [-0.2, -0.15) is 4.31 Å². The van der Waals surface area contributed by atoms with Crippen LogP contribution in [0.25, 0.3) is 0 Å². The lowest BCUT2D eigenvalue weighted by molar-refractivity contribution is -0.117. The number of sulfonamides is 1. The molecular weight excluding hydrogens is 402 g/mol. The predicted molar refractivity (Wildman–Crippen MR) is 117 cm³/mol. The number of hydrogen-bond donors (Lipinski definition) is 1. The first-order chi connectivity index (χ1) is 14.4. The SMILES string of the molecule is CCN(CC(=O)Nc1cccc(S(=O)(=O)N2CCOCC2)c1)Cc1ccccc1C. The summed E-state index contributed by atoms with van der Waals surface area (Å²) in [7, 11) is -3.60. The van der Waals surface area contributed by atoms with Gasteiger partial charge in [-0.3, -0.25) is 9.69 Å². The standard InChI is InChI=1S/C22H29N3O4S/c1-3-24(16-19-8-5-4-7-18(19)2)17-22(26)23-20-9-6-10-21(15-20)30(27,28)25-11-13-29-14-12-25/h4-10,15H,3,11-14,16-17H2,1-2H3,(H,23,26). The maximum Gasteiger partial charge on any atom is 0.243 e. The van der Waals surface area contributed by atoms with Crippen LogP contribution in [0.4, 0.5) is 5.69 Å². The number of rotatable bonds is 8. The third kappa shape index (κ3) is 5.66. The molecule has 1 fully saturated rings. The molecule has 7 nitrogen and oxygen atoms in total. The first kappa shape index (κ1) is 22.4. The van der Waals surface area contributed by atoms with Crippen LogP contribution in [-0.4, -0.2) is 62.9 Å². The highest BCUT2D eigenvalue weighted by Gasteiger charge is 2.26. The van der Waals surface area contributed by atoms with Gasteiger partial charge in [0, 0.05) is 25.3 Å². The first-order valence-corrected chi connectivity index (χ1v) is 11.6. The van der Waals surface area contributed by atoms with Gasteiger partial charge in [-0.15, -0.1) is 0 Å². The lowest BCUT2D eigenvalue weighted by Crippen LogP contribution is -2.40. The van der Waals surface area contributed by atoms with Gasteiger partial charge in [0.25, 0.3) is 0 Å². The second kappa shape index (κ2) is 10.2. The summed E-state index contributed by atoms with van der Waals surface area (Å²) in [4.78, 5) is 14.8. The van der Waals surface area contributed by atoms with E-state index >= 15 is 0 Å². The third-order valence-electron chi connectivity index (χ3n) is 5.20. The topological polar surface area (TPSA) is 79.0 Å². The van der Waals surface area contributed by atoms with Crippen molar-refractivity contribution in [2.24, 2.45) is 0 Å². The summed E-state index contributed by atoms with van der Waals surface area (Å²) in [5.41, 5.74) is 2.85. The molecule has 1 N–H and O–H groups in total. The lowest BCUT2D eigenvalue weighted by Gasteiger charge is -2.26. The van der Waals surface area contributed by atoms with E-state index in [2.05, 4.69) is 24.4 Å². The molecular formula is C22H29N3O4S. The molecule has 1 heterocycles. The molecule has 0 bridgehead atoms. The minimum absolute atomic E-state index is 0.175. The average molecular weight is 432 g/mol. The van der Waals surface area contributed by atoms with Gasteiger partial charge in [0.05, 0.1) is 24.7 Å². The first-order valence-electron chi connectivity index (χ1n) is 10.1. The van der Waals surface area contributed by atoms with Gasteiger partial charge in [0.2, 0.25) is 15.9 Å². The molecule has 1 aliphatic heterocycles. The van der Waals surface area contributed by atoms with Crippen molar-refractivity contribution < 1.29 is 17.9 Å². The van der Waals surface area contributed by atoms with Crippen molar-refractivity contribution in [2.45, 2.75) is 25.3 Å². The van der Waals surface area contributed by atoms with Crippen molar-refractivity contribution in [3.8, 4) is 0 Å². The summed E-state index contributed by atoms with van der Waals surface area (Å²) >= 11 is 0. The molecule has 0 atom stereocenters. The van der Waals surface area contributed by atoms with Crippen molar-refractivity contribution in [3.05, 3.63) is 59.7 Å². The van der Waals surface area contributed by atoms with E-state index in [4.69, 9.17) is 4.74 Å². The van der Waals surface area contributed by atoms with Crippen LogP contribution in [0, 0.1) is 6.92 Å². The molecule has 1 aliphatic rings. The van der Waals surface area contributed by atoms with Gasteiger partial charge in [-0.05, 0) is 42.8 Å². The minimum atomic E-state index is -3.60. The summed E-state index contributed by atoms with van der Waals surface area (Å²) < 4.78 is 32.3. The Hall–Kier alpha value is -2.26. The van der Waals surface area contributed by atoms with Crippen LogP contribution in [0.5, 0.6) is 0 Å². The number of benzene rings is 2. The lowest BCUT2D eigenvalue weighted by atomic mass is 10.1. The highest BCUT2D eigenvalue weighted by atomic mass is 32.2. The highest BCUT2D eigenvalue weighted by Crippen LogP contribution is 2.20. The number of carbonyl (C=O) groups excluding carboxylic acids is 1. The monoisotopic (exact) mass is 431 g/mol. The number of likely N-dealkylation sites (N-methyl/N-ethyl adjacent to an activating group) is 1. The summed E-state index contributed by atoms with van der Waals surface area (Å²) in [5.74, 6) is -0.175. The molecule has 0 unspecified atom stereocenters. The van der Waals surface area contributed by atoms with E-state index in [0.717, 1.165) is 6.54 Å². The second-order valence-electron chi connectivity index (χ2n) is 7.32. The number of nitrogens with one attached hydrogen (secondary N) is 1. The van der Waals surface area contributed by atoms with Gasteiger partial charge in [-0.25, -0.2) is 8.42 Å². The molecule has 0 saturated carbocycles. The molecule has 0 aromatic heterocycles. The number of ether oxygens (including phenoxy) is 1. The Labute approximate surface area is 178 Å². The zero-order valence-electron chi connectivity index (χ0n) is 17.5. The predicted octanol–water partition coefficient (Wildman–Crippen LogP) is 2.48. The third-order valence-corrected chi connectivity index (χ3v) is 7.09. The molecule has 30 heavy (non-hydrogen) atoms. The van der Waals surface area contributed by atoms with Crippen molar-refractivity contribution in [1.29, 1.82) is 0 Å². The highest BCUT2D eigenvalue weighted by molar-refractivity contribution is 7.89. The Balaban J connectivity index is 1.65. The largest absolute Gasteiger partial charge is 0.379 e. The van der Waals surface area contributed by atoms with E-state index < -0.39 is 10.0 Å². The Morgan fingerprint density at radius 3 is 2.57 bits per heavy atom. The van der Waals surface area contributed by atoms with Crippen LogP contribution < -0.4 is 5.32 Å². The number of anilines is 1. The molecule has 0 spiro atoms. The fraction of sp³-hybridized carbons (Fsp3) is 0.409. The zero-order valence-corrected chi connectivity index (χ0v) is 18.3. The summed E-state index contributed by atoms with van der Waals surface area (Å²) in [6.07, 6.45) is 0. The number of carbonyl (C=O) groups is 1. The van der Waals surface area contributed by atoms with E-state index in [9.17, 15) is 13.2 Å². The van der Waals surface area contributed by atoms with Crippen molar-refractivity contribution in [3.63, 3.8) is 0 Å². The van der Waals surface area contributed by atoms with Crippen molar-refractivity contribution in [1.82, 2.24) is 9.21 Å². The number of morpholine rings is 1. The van der Waals surface area contributed by atoms with E-state index in [1.807, 2.05) is 24.0 Å². The van der Waals surface area contributed by atoms with E-state index in [1.165, 1.54) is 21.5 Å². The van der Waals surface area contributed by atoms with Crippen molar-refractivity contribution in [2.75, 3.05) is 44.7 Å². The van der Waals surface area contributed by atoms with E-state index in [-0.39, 0.29) is 17.3 Å². The fourth-order valence-corrected chi connectivity index (χ4v) is 4.84. The molecule has 8 heteroatoms. The normalized spacial score (nSPS) is 15.3. The summed E-state index contributed by atoms with van der Waals surface area (Å²) in [5, 5.41) is 2.83. The van der Waals surface area contributed by atoms with E-state index in [1.54, 1.807) is 18.2 Å². The second-order valence-corrected chi connectivity index (χ2v) is 9.26. The number of amides is 1. The summed E-state index contributed by atoms with van der Waals surface area (Å²) in [6, 6.07) is 14.5. The Morgan fingerprint density at radius 2 is 1.87 bits per heavy atom. The maximum atomic E-state index is 12.8. The van der Waals surface area contributed by atoms with Gasteiger partial charge >= 0.3 is 0 Å². The Kier molecular flexibility index (Phi) is 7.60. The molecule has 2 aromatic carbocycles. The fourth-order valence-electron chi connectivity index (χ4n) is 3.38.